The third-order valence-electron chi connectivity index (χ3n) is 2.15. The Morgan fingerprint density at radius 1 is 1.33 bits per heavy atom. The summed E-state index contributed by atoms with van der Waals surface area (Å²) in [4.78, 5) is 23.3. The van der Waals surface area contributed by atoms with Crippen LogP contribution >= 0.6 is 11.8 Å². The fraction of sp³-hybridized carbons (Fsp3) is 0.750. The zero-order valence-electron chi connectivity index (χ0n) is 11.2. The molecule has 2 N–H and O–H groups in total. The molecule has 104 valence electrons. The van der Waals surface area contributed by atoms with Crippen molar-refractivity contribution in [3.63, 3.8) is 0 Å². The first kappa shape index (κ1) is 17.0. The molecule has 1 unspecified atom stereocenters. The number of nitrogens with one attached hydrogen (secondary N) is 2. The number of ether oxygens (including phenoxy) is 1. The number of rotatable bonds is 8. The number of carbonyl (C=O) groups excluding carboxylic acids is 2. The molecule has 0 bridgehead atoms. The minimum absolute atomic E-state index is 0.126. The molecule has 18 heavy (non-hydrogen) atoms. The van der Waals surface area contributed by atoms with Gasteiger partial charge in [0.2, 0.25) is 5.91 Å². The smallest absolute Gasteiger partial charge is 0.335 e. The van der Waals surface area contributed by atoms with Gasteiger partial charge in [0, 0.05) is 6.42 Å². The summed E-state index contributed by atoms with van der Waals surface area (Å²) in [7, 11) is 0. The van der Waals surface area contributed by atoms with Crippen molar-refractivity contribution in [2.45, 2.75) is 46.1 Å². The molecule has 0 fully saturated rings. The van der Waals surface area contributed by atoms with Gasteiger partial charge in [-0.1, -0.05) is 20.3 Å². The van der Waals surface area contributed by atoms with Gasteiger partial charge in [0.15, 0.2) is 6.04 Å². The normalized spacial score (nSPS) is 11.7. The lowest BCUT2D eigenvalue weighted by Crippen LogP contribution is -2.46. The fourth-order valence-electron chi connectivity index (χ4n) is 1.27. The Morgan fingerprint density at radius 2 is 2.00 bits per heavy atom. The fourth-order valence-corrected chi connectivity index (χ4v) is 1.90. The first-order chi connectivity index (χ1) is 8.56. The summed E-state index contributed by atoms with van der Waals surface area (Å²) in [6, 6.07) is -0.959. The van der Waals surface area contributed by atoms with Gasteiger partial charge < -0.3 is 10.1 Å². The summed E-state index contributed by atoms with van der Waals surface area (Å²) >= 11 is 1.23. The Balaban J connectivity index is 4.51. The van der Waals surface area contributed by atoms with Gasteiger partial charge in [0.1, 0.15) is 0 Å². The number of hydrogen-bond acceptors (Lipinski definition) is 5. The zero-order valence-corrected chi connectivity index (χ0v) is 12.1. The maximum atomic E-state index is 11.7. The number of hydrogen-bond donors (Lipinski definition) is 2. The molecule has 1 amide bonds. The van der Waals surface area contributed by atoms with Gasteiger partial charge in [0.05, 0.1) is 11.7 Å². The molecule has 0 saturated heterocycles. The molecule has 6 heteroatoms. The second-order valence-electron chi connectivity index (χ2n) is 3.65. The van der Waals surface area contributed by atoms with Gasteiger partial charge in [-0.05, 0) is 19.1 Å². The summed E-state index contributed by atoms with van der Waals surface area (Å²) < 4.78 is 4.87. The van der Waals surface area contributed by atoms with Crippen LogP contribution in [0.25, 0.3) is 0 Å². The Morgan fingerprint density at radius 3 is 2.50 bits per heavy atom. The standard InChI is InChI=1S/C12H22N2O3S/c1-4-7-8-9(15)14-10(11(13)18-6-3)12(16)17-5-2/h10,13H,4-8H2,1-3H3,(H,14,15). The lowest BCUT2D eigenvalue weighted by Gasteiger charge is -2.17. The van der Waals surface area contributed by atoms with Crippen LogP contribution < -0.4 is 5.32 Å². The quantitative estimate of drug-likeness (QED) is 0.403. The first-order valence-electron chi connectivity index (χ1n) is 6.23. The Bertz CT molecular complexity index is 277. The van der Waals surface area contributed by atoms with Gasteiger partial charge in [-0.2, -0.15) is 0 Å². The van der Waals surface area contributed by atoms with E-state index in [2.05, 4.69) is 5.32 Å². The predicted octanol–water partition coefficient (Wildman–Crippen LogP) is 1.95. The second kappa shape index (κ2) is 9.94. The highest BCUT2D eigenvalue weighted by atomic mass is 32.2. The van der Waals surface area contributed by atoms with E-state index in [1.165, 1.54) is 11.8 Å². The molecule has 0 spiro atoms. The topological polar surface area (TPSA) is 79.3 Å². The largest absolute Gasteiger partial charge is 0.464 e. The molecular weight excluding hydrogens is 252 g/mol. The van der Waals surface area contributed by atoms with Crippen LogP contribution in [0.15, 0.2) is 0 Å². The number of thioether (sulfide) groups is 1. The molecule has 0 aliphatic heterocycles. The van der Waals surface area contributed by atoms with Crippen molar-refractivity contribution in [2.75, 3.05) is 12.4 Å². The highest BCUT2D eigenvalue weighted by Crippen LogP contribution is 2.08. The molecule has 0 saturated carbocycles. The van der Waals surface area contributed by atoms with E-state index in [4.69, 9.17) is 10.1 Å². The van der Waals surface area contributed by atoms with Gasteiger partial charge in [-0.3, -0.25) is 10.2 Å². The first-order valence-corrected chi connectivity index (χ1v) is 7.22. The molecule has 0 aromatic heterocycles. The molecule has 0 rings (SSSR count). The maximum absolute atomic E-state index is 11.7. The van der Waals surface area contributed by atoms with Crippen molar-refractivity contribution in [3.05, 3.63) is 0 Å². The Hall–Kier alpha value is -1.04. The summed E-state index contributed by atoms with van der Waals surface area (Å²) in [5, 5.41) is 10.5. The molecule has 0 aromatic rings. The van der Waals surface area contributed by atoms with E-state index in [1.807, 2.05) is 13.8 Å². The summed E-state index contributed by atoms with van der Waals surface area (Å²) in [5.41, 5.74) is 0. The number of carbonyl (C=O) groups is 2. The van der Waals surface area contributed by atoms with Crippen molar-refractivity contribution < 1.29 is 14.3 Å². The number of amides is 1. The summed E-state index contributed by atoms with van der Waals surface area (Å²) in [5.74, 6) is -0.0933. The van der Waals surface area contributed by atoms with Crippen molar-refractivity contribution in [1.29, 1.82) is 5.41 Å². The lowest BCUT2D eigenvalue weighted by molar-refractivity contribution is -0.145. The molecule has 0 heterocycles. The van der Waals surface area contributed by atoms with Crippen LogP contribution in [0.1, 0.15) is 40.0 Å². The number of unbranched alkanes of at least 4 members (excludes halogenated alkanes) is 1. The predicted molar refractivity (Wildman–Crippen MR) is 73.9 cm³/mol. The molecule has 5 nitrogen and oxygen atoms in total. The molecule has 0 aliphatic carbocycles. The van der Waals surface area contributed by atoms with Gasteiger partial charge in [-0.15, -0.1) is 11.8 Å². The van der Waals surface area contributed by atoms with Gasteiger partial charge >= 0.3 is 5.97 Å². The minimum Gasteiger partial charge on any atom is -0.464 e. The average molecular weight is 274 g/mol. The van der Waals surface area contributed by atoms with Gasteiger partial charge in [-0.25, -0.2) is 4.79 Å². The summed E-state index contributed by atoms with van der Waals surface area (Å²) in [6.45, 7) is 5.82. The van der Waals surface area contributed by atoms with Crippen molar-refractivity contribution >= 4 is 28.7 Å². The molecular formula is C12H22N2O3S. The van der Waals surface area contributed by atoms with Crippen LogP contribution in [-0.2, 0) is 14.3 Å². The maximum Gasteiger partial charge on any atom is 0.335 e. The Kier molecular flexibility index (Phi) is 9.36. The van der Waals surface area contributed by atoms with Crippen LogP contribution in [-0.4, -0.2) is 35.3 Å². The van der Waals surface area contributed by atoms with E-state index in [-0.39, 0.29) is 17.6 Å². The van der Waals surface area contributed by atoms with Crippen molar-refractivity contribution in [1.82, 2.24) is 5.32 Å². The Labute approximate surface area is 113 Å². The van der Waals surface area contributed by atoms with E-state index in [9.17, 15) is 9.59 Å². The second-order valence-corrected chi connectivity index (χ2v) is 4.96. The molecule has 0 aromatic carbocycles. The van der Waals surface area contributed by atoms with E-state index in [0.29, 0.717) is 12.2 Å². The van der Waals surface area contributed by atoms with Crippen LogP contribution in [0, 0.1) is 5.41 Å². The third-order valence-corrected chi connectivity index (χ3v) is 2.98. The van der Waals surface area contributed by atoms with E-state index in [0.717, 1.165) is 12.8 Å². The monoisotopic (exact) mass is 274 g/mol. The van der Waals surface area contributed by atoms with E-state index in [1.54, 1.807) is 6.92 Å². The minimum atomic E-state index is -0.959. The van der Waals surface area contributed by atoms with Crippen LogP contribution in [0.5, 0.6) is 0 Å². The van der Waals surface area contributed by atoms with E-state index < -0.39 is 12.0 Å². The highest BCUT2D eigenvalue weighted by molar-refractivity contribution is 8.14. The van der Waals surface area contributed by atoms with Crippen LogP contribution in [0.4, 0.5) is 0 Å². The average Bonchev–Trinajstić information content (AvgIpc) is 2.33. The zero-order chi connectivity index (χ0) is 14.0. The third kappa shape index (κ3) is 6.64. The summed E-state index contributed by atoms with van der Waals surface area (Å²) in [6.07, 6.45) is 2.06. The molecule has 1 atom stereocenters. The number of esters is 1. The van der Waals surface area contributed by atoms with Crippen LogP contribution in [0.2, 0.25) is 0 Å². The lowest BCUT2D eigenvalue weighted by atomic mass is 10.2. The van der Waals surface area contributed by atoms with Crippen LogP contribution in [0.3, 0.4) is 0 Å². The van der Waals surface area contributed by atoms with Crippen molar-refractivity contribution in [2.24, 2.45) is 0 Å². The molecule has 0 radical (unpaired) electrons. The SMILES string of the molecule is CCCCC(=O)NC(C(=N)SCC)C(=O)OCC. The molecule has 0 aliphatic rings. The van der Waals surface area contributed by atoms with Crippen molar-refractivity contribution in [3.8, 4) is 0 Å². The van der Waals surface area contributed by atoms with E-state index >= 15 is 0 Å². The highest BCUT2D eigenvalue weighted by Gasteiger charge is 2.26. The van der Waals surface area contributed by atoms with Gasteiger partial charge in [0.25, 0.3) is 0 Å².